The zero-order valence-electron chi connectivity index (χ0n) is 13.6. The number of thiazole rings is 2. The Kier molecular flexibility index (Phi) is 4.81. The molecular formula is C19H14N4OS2. The molecule has 3 heterocycles. The lowest BCUT2D eigenvalue weighted by atomic mass is 10.2. The van der Waals surface area contributed by atoms with Crippen molar-refractivity contribution in [2.24, 2.45) is 0 Å². The summed E-state index contributed by atoms with van der Waals surface area (Å²) < 4.78 is 0. The van der Waals surface area contributed by atoms with Crippen molar-refractivity contribution in [2.45, 2.75) is 6.42 Å². The molecule has 0 aliphatic rings. The maximum atomic E-state index is 12.3. The molecule has 128 valence electrons. The van der Waals surface area contributed by atoms with Gasteiger partial charge in [0, 0.05) is 22.5 Å². The van der Waals surface area contributed by atoms with E-state index in [4.69, 9.17) is 0 Å². The van der Waals surface area contributed by atoms with Gasteiger partial charge in [-0.15, -0.1) is 22.7 Å². The van der Waals surface area contributed by atoms with Gasteiger partial charge >= 0.3 is 0 Å². The molecule has 0 unspecified atom stereocenters. The number of hydrogen-bond donors (Lipinski definition) is 1. The number of nitrogens with zero attached hydrogens (tertiary/aromatic N) is 3. The zero-order chi connectivity index (χ0) is 17.8. The maximum Gasteiger partial charge on any atom is 0.232 e. The molecule has 4 rings (SSSR count). The Morgan fingerprint density at radius 1 is 0.923 bits per heavy atom. The Balaban J connectivity index is 1.40. The number of pyridine rings is 1. The van der Waals surface area contributed by atoms with E-state index in [1.54, 1.807) is 6.20 Å². The molecule has 0 radical (unpaired) electrons. The van der Waals surface area contributed by atoms with Gasteiger partial charge < -0.3 is 5.32 Å². The molecule has 1 amide bonds. The van der Waals surface area contributed by atoms with E-state index in [0.29, 0.717) is 5.13 Å². The highest BCUT2D eigenvalue weighted by Crippen LogP contribution is 2.25. The molecule has 3 aromatic heterocycles. The summed E-state index contributed by atoms with van der Waals surface area (Å²) in [5.41, 5.74) is 3.44. The summed E-state index contributed by atoms with van der Waals surface area (Å²) in [6.07, 6.45) is 1.94. The third-order valence-electron chi connectivity index (χ3n) is 3.60. The van der Waals surface area contributed by atoms with Crippen molar-refractivity contribution in [1.82, 2.24) is 15.0 Å². The summed E-state index contributed by atoms with van der Waals surface area (Å²) in [5.74, 6) is -0.128. The van der Waals surface area contributed by atoms with Crippen LogP contribution in [0.15, 0.2) is 65.5 Å². The largest absolute Gasteiger partial charge is 0.302 e. The molecule has 0 spiro atoms. The summed E-state index contributed by atoms with van der Waals surface area (Å²) in [4.78, 5) is 25.5. The highest BCUT2D eigenvalue weighted by Gasteiger charge is 2.12. The number of nitrogens with one attached hydrogen (secondary N) is 1. The van der Waals surface area contributed by atoms with Crippen molar-refractivity contribution in [3.05, 3.63) is 71.2 Å². The Labute approximate surface area is 158 Å². The monoisotopic (exact) mass is 378 g/mol. The molecule has 4 aromatic rings. The van der Waals surface area contributed by atoms with Gasteiger partial charge in [0.05, 0.1) is 23.5 Å². The molecule has 0 bridgehead atoms. The first-order chi connectivity index (χ1) is 12.8. The molecule has 5 nitrogen and oxygen atoms in total. The quantitative estimate of drug-likeness (QED) is 0.555. The Bertz CT molecular complexity index is 930. The third kappa shape index (κ3) is 3.84. The minimum Gasteiger partial charge on any atom is -0.302 e. The van der Waals surface area contributed by atoms with Gasteiger partial charge in [-0.2, -0.15) is 0 Å². The fourth-order valence-corrected chi connectivity index (χ4v) is 3.93. The first-order valence-electron chi connectivity index (χ1n) is 7.94. The fraction of sp³-hybridized carbons (Fsp3) is 0.0526. The van der Waals surface area contributed by atoms with Crippen LogP contribution in [0.4, 0.5) is 5.13 Å². The van der Waals surface area contributed by atoms with Crippen LogP contribution in [0.25, 0.3) is 22.0 Å². The van der Waals surface area contributed by atoms with Crippen molar-refractivity contribution in [3.63, 3.8) is 0 Å². The average molecular weight is 378 g/mol. The SMILES string of the molecule is O=C(Cc1csc(-c2ccccn2)n1)Nc1nc(-c2ccccc2)cs1. The number of rotatable bonds is 5. The highest BCUT2D eigenvalue weighted by atomic mass is 32.1. The van der Waals surface area contributed by atoms with Gasteiger partial charge in [0.1, 0.15) is 5.01 Å². The van der Waals surface area contributed by atoms with Crippen LogP contribution in [0.1, 0.15) is 5.69 Å². The molecule has 1 aromatic carbocycles. The van der Waals surface area contributed by atoms with E-state index in [1.807, 2.05) is 59.3 Å². The van der Waals surface area contributed by atoms with Crippen LogP contribution in [-0.2, 0) is 11.2 Å². The summed E-state index contributed by atoms with van der Waals surface area (Å²) in [5, 5.41) is 8.08. The van der Waals surface area contributed by atoms with Gasteiger partial charge in [0.2, 0.25) is 5.91 Å². The third-order valence-corrected chi connectivity index (χ3v) is 5.27. The molecule has 7 heteroatoms. The summed E-state index contributed by atoms with van der Waals surface area (Å²) >= 11 is 2.90. The molecular weight excluding hydrogens is 364 g/mol. The normalized spacial score (nSPS) is 10.6. The number of carbonyl (C=O) groups excluding carboxylic acids is 1. The predicted octanol–water partition coefficient (Wildman–Crippen LogP) is 4.51. The second kappa shape index (κ2) is 7.55. The lowest BCUT2D eigenvalue weighted by Crippen LogP contribution is -2.14. The topological polar surface area (TPSA) is 67.8 Å². The van der Waals surface area contributed by atoms with Crippen LogP contribution in [0.3, 0.4) is 0 Å². The van der Waals surface area contributed by atoms with Crippen molar-refractivity contribution >= 4 is 33.7 Å². The molecule has 1 N–H and O–H groups in total. The Morgan fingerprint density at radius 3 is 2.58 bits per heavy atom. The minimum absolute atomic E-state index is 0.128. The number of carbonyl (C=O) groups is 1. The van der Waals surface area contributed by atoms with Crippen molar-refractivity contribution in [2.75, 3.05) is 5.32 Å². The summed E-state index contributed by atoms with van der Waals surface area (Å²) in [6.45, 7) is 0. The maximum absolute atomic E-state index is 12.3. The van der Waals surface area contributed by atoms with Gasteiger partial charge in [-0.1, -0.05) is 36.4 Å². The van der Waals surface area contributed by atoms with E-state index in [9.17, 15) is 4.79 Å². The second-order valence-electron chi connectivity index (χ2n) is 5.49. The molecule has 0 saturated carbocycles. The molecule has 0 fully saturated rings. The van der Waals surface area contributed by atoms with Crippen LogP contribution in [0.2, 0.25) is 0 Å². The molecule has 0 aliphatic carbocycles. The van der Waals surface area contributed by atoms with Crippen molar-refractivity contribution in [1.29, 1.82) is 0 Å². The van der Waals surface area contributed by atoms with Gasteiger partial charge in [0.25, 0.3) is 0 Å². The molecule has 26 heavy (non-hydrogen) atoms. The number of aromatic nitrogens is 3. The van der Waals surface area contributed by atoms with E-state index >= 15 is 0 Å². The average Bonchev–Trinajstić information content (AvgIpc) is 3.33. The van der Waals surface area contributed by atoms with Gasteiger partial charge in [-0.05, 0) is 12.1 Å². The summed E-state index contributed by atoms with van der Waals surface area (Å²) in [7, 11) is 0. The smallest absolute Gasteiger partial charge is 0.232 e. The summed E-state index contributed by atoms with van der Waals surface area (Å²) in [6, 6.07) is 15.6. The number of benzene rings is 1. The van der Waals surface area contributed by atoms with Crippen LogP contribution in [-0.4, -0.2) is 20.9 Å². The predicted molar refractivity (Wildman–Crippen MR) is 105 cm³/mol. The fourth-order valence-electron chi connectivity index (χ4n) is 2.40. The zero-order valence-corrected chi connectivity index (χ0v) is 15.3. The van der Waals surface area contributed by atoms with E-state index < -0.39 is 0 Å². The second-order valence-corrected chi connectivity index (χ2v) is 7.20. The minimum atomic E-state index is -0.128. The number of hydrogen-bond acceptors (Lipinski definition) is 6. The van der Waals surface area contributed by atoms with Crippen molar-refractivity contribution in [3.8, 4) is 22.0 Å². The van der Waals surface area contributed by atoms with E-state index in [-0.39, 0.29) is 12.3 Å². The van der Waals surface area contributed by atoms with E-state index in [2.05, 4.69) is 20.3 Å². The Hall–Kier alpha value is -2.90. The van der Waals surface area contributed by atoms with Gasteiger partial charge in [-0.25, -0.2) is 9.97 Å². The highest BCUT2D eigenvalue weighted by molar-refractivity contribution is 7.14. The molecule has 0 saturated heterocycles. The molecule has 0 atom stereocenters. The standard InChI is InChI=1S/C19H14N4OS2/c24-17(10-14-11-25-18(21-14)15-8-4-5-9-20-15)23-19-22-16(12-26-19)13-6-2-1-3-7-13/h1-9,11-12H,10H2,(H,22,23,24). The van der Waals surface area contributed by atoms with Crippen molar-refractivity contribution < 1.29 is 4.79 Å². The van der Waals surface area contributed by atoms with E-state index in [1.165, 1.54) is 22.7 Å². The van der Waals surface area contributed by atoms with Gasteiger partial charge in [-0.3, -0.25) is 9.78 Å². The number of anilines is 1. The number of amides is 1. The van der Waals surface area contributed by atoms with Gasteiger partial charge in [0.15, 0.2) is 5.13 Å². The lowest BCUT2D eigenvalue weighted by Gasteiger charge is -1.99. The van der Waals surface area contributed by atoms with Crippen LogP contribution in [0, 0.1) is 0 Å². The Morgan fingerprint density at radius 2 is 1.77 bits per heavy atom. The molecule has 0 aliphatic heterocycles. The first-order valence-corrected chi connectivity index (χ1v) is 9.70. The van der Waals surface area contributed by atoms with Crippen LogP contribution < -0.4 is 5.32 Å². The first kappa shape index (κ1) is 16.6. The van der Waals surface area contributed by atoms with Crippen LogP contribution in [0.5, 0.6) is 0 Å². The lowest BCUT2D eigenvalue weighted by molar-refractivity contribution is -0.115. The van der Waals surface area contributed by atoms with Crippen LogP contribution >= 0.6 is 22.7 Å². The van der Waals surface area contributed by atoms with E-state index in [0.717, 1.165) is 27.7 Å².